The fraction of sp³-hybridized carbons (Fsp3) is 0. The zero-order chi connectivity index (χ0) is 9.42. The lowest BCUT2D eigenvalue weighted by Crippen LogP contribution is -3.05. The SMILES string of the molecule is O=C1c2c(F)cccc2C=C[NH+]1[O-]. The van der Waals surface area contributed by atoms with E-state index in [1.807, 2.05) is 0 Å². The summed E-state index contributed by atoms with van der Waals surface area (Å²) in [5.41, 5.74) is 0.347. The molecule has 0 aliphatic carbocycles. The molecule has 0 spiro atoms. The Hall–Kier alpha value is -1.52. The van der Waals surface area contributed by atoms with E-state index in [1.54, 1.807) is 6.07 Å². The zero-order valence-corrected chi connectivity index (χ0v) is 6.58. The van der Waals surface area contributed by atoms with Crippen molar-refractivity contribution in [1.29, 1.82) is 0 Å². The van der Waals surface area contributed by atoms with Crippen molar-refractivity contribution < 1.29 is 14.2 Å². The number of halogens is 1. The third kappa shape index (κ3) is 1.16. The number of rotatable bonds is 0. The minimum atomic E-state index is -0.768. The Morgan fingerprint density at radius 2 is 2.15 bits per heavy atom. The highest BCUT2D eigenvalue weighted by molar-refractivity contribution is 5.94. The third-order valence-electron chi connectivity index (χ3n) is 1.91. The summed E-state index contributed by atoms with van der Waals surface area (Å²) in [6.07, 6.45) is 2.60. The first-order valence-electron chi connectivity index (χ1n) is 3.75. The quantitative estimate of drug-likeness (QED) is 0.583. The van der Waals surface area contributed by atoms with Gasteiger partial charge in [0, 0.05) is 6.08 Å². The Balaban J connectivity index is 2.67. The summed E-state index contributed by atoms with van der Waals surface area (Å²) in [5, 5.41) is 10.2. The number of hydrogen-bond acceptors (Lipinski definition) is 2. The molecule has 0 saturated heterocycles. The smallest absolute Gasteiger partial charge is 0.352 e. The first-order valence-corrected chi connectivity index (χ1v) is 3.75. The molecule has 1 aliphatic heterocycles. The maximum absolute atomic E-state index is 13.1. The van der Waals surface area contributed by atoms with Crippen molar-refractivity contribution >= 4 is 12.0 Å². The Morgan fingerprint density at radius 1 is 1.38 bits per heavy atom. The summed E-state index contributed by atoms with van der Waals surface area (Å²) < 4.78 is 13.1. The van der Waals surface area contributed by atoms with Crippen molar-refractivity contribution in [3.8, 4) is 0 Å². The fourth-order valence-electron chi connectivity index (χ4n) is 1.28. The van der Waals surface area contributed by atoms with Gasteiger partial charge in [-0.25, -0.2) is 9.18 Å². The number of quaternary nitrogens is 1. The van der Waals surface area contributed by atoms with Gasteiger partial charge in [0.15, 0.2) is 0 Å². The summed E-state index contributed by atoms with van der Waals surface area (Å²) >= 11 is 0. The molecule has 3 nitrogen and oxygen atoms in total. The van der Waals surface area contributed by atoms with Gasteiger partial charge >= 0.3 is 5.91 Å². The summed E-state index contributed by atoms with van der Waals surface area (Å²) in [7, 11) is 0. The van der Waals surface area contributed by atoms with Gasteiger partial charge in [-0.2, -0.15) is 0 Å². The second-order valence-electron chi connectivity index (χ2n) is 2.73. The van der Waals surface area contributed by atoms with Crippen molar-refractivity contribution in [3.63, 3.8) is 0 Å². The van der Waals surface area contributed by atoms with E-state index in [2.05, 4.69) is 0 Å². The van der Waals surface area contributed by atoms with Gasteiger partial charge in [0.1, 0.15) is 17.6 Å². The van der Waals surface area contributed by atoms with Gasteiger partial charge in [-0.15, -0.1) is 0 Å². The Kier molecular flexibility index (Phi) is 1.72. The second kappa shape index (κ2) is 2.76. The van der Waals surface area contributed by atoms with Crippen molar-refractivity contribution in [2.45, 2.75) is 0 Å². The van der Waals surface area contributed by atoms with Crippen molar-refractivity contribution in [3.05, 3.63) is 46.6 Å². The average Bonchev–Trinajstić information content (AvgIpc) is 2.12. The highest BCUT2D eigenvalue weighted by atomic mass is 19.1. The lowest BCUT2D eigenvalue weighted by Gasteiger charge is -2.19. The van der Waals surface area contributed by atoms with Crippen LogP contribution in [-0.4, -0.2) is 5.91 Å². The summed E-state index contributed by atoms with van der Waals surface area (Å²) in [6.45, 7) is 0. The number of nitrogens with one attached hydrogen (secondary N) is 1. The molecule has 66 valence electrons. The first kappa shape index (κ1) is 8.10. The van der Waals surface area contributed by atoms with Crippen LogP contribution in [0.25, 0.3) is 6.08 Å². The number of hydroxylamine groups is 2. The molecule has 0 saturated carbocycles. The molecule has 2 rings (SSSR count). The van der Waals surface area contributed by atoms with E-state index in [9.17, 15) is 14.4 Å². The van der Waals surface area contributed by atoms with Crippen molar-refractivity contribution in [2.24, 2.45) is 0 Å². The molecule has 0 aromatic heterocycles. The number of hydrogen-bond donors (Lipinski definition) is 1. The molecule has 1 unspecified atom stereocenters. The molecule has 0 fully saturated rings. The highest BCUT2D eigenvalue weighted by Crippen LogP contribution is 2.15. The Labute approximate surface area is 73.7 Å². The highest BCUT2D eigenvalue weighted by Gasteiger charge is 2.23. The minimum Gasteiger partial charge on any atom is -0.621 e. The van der Waals surface area contributed by atoms with Crippen LogP contribution in [0.3, 0.4) is 0 Å². The molecule has 1 aromatic rings. The number of amides is 1. The van der Waals surface area contributed by atoms with E-state index < -0.39 is 16.8 Å². The van der Waals surface area contributed by atoms with Crippen LogP contribution in [0.2, 0.25) is 0 Å². The molecule has 0 radical (unpaired) electrons. The van der Waals surface area contributed by atoms with Gasteiger partial charge in [0.25, 0.3) is 0 Å². The normalized spacial score (nSPS) is 20.2. The van der Waals surface area contributed by atoms with E-state index in [0.29, 0.717) is 5.56 Å². The van der Waals surface area contributed by atoms with Gasteiger partial charge < -0.3 is 5.21 Å². The predicted octanol–water partition coefficient (Wildman–Crippen LogP) is 0.333. The molecule has 4 heteroatoms. The number of carbonyl (C=O) groups is 1. The van der Waals surface area contributed by atoms with Gasteiger partial charge in [-0.05, 0) is 11.6 Å². The van der Waals surface area contributed by atoms with Crippen LogP contribution in [0, 0.1) is 11.0 Å². The van der Waals surface area contributed by atoms with Crippen LogP contribution in [-0.2, 0) is 0 Å². The standard InChI is InChI=1S/C9H6FNO2/c10-7-3-1-2-6-4-5-11(13)9(12)8(6)7/h1-5,11H. The van der Waals surface area contributed by atoms with E-state index in [-0.39, 0.29) is 5.56 Å². The van der Waals surface area contributed by atoms with Gasteiger partial charge in [-0.1, -0.05) is 12.1 Å². The lowest BCUT2D eigenvalue weighted by molar-refractivity contribution is -0.695. The van der Waals surface area contributed by atoms with Gasteiger partial charge in [0.2, 0.25) is 0 Å². The van der Waals surface area contributed by atoms with Crippen molar-refractivity contribution in [1.82, 2.24) is 0 Å². The van der Waals surface area contributed by atoms with Gasteiger partial charge in [0.05, 0.1) is 0 Å². The van der Waals surface area contributed by atoms with E-state index in [0.717, 1.165) is 6.20 Å². The number of fused-ring (bicyclic) bond motifs is 1. The van der Waals surface area contributed by atoms with Crippen molar-refractivity contribution in [2.75, 3.05) is 0 Å². The van der Waals surface area contributed by atoms with E-state index >= 15 is 0 Å². The molecular weight excluding hydrogens is 173 g/mol. The van der Waals surface area contributed by atoms with Crippen LogP contribution >= 0.6 is 0 Å². The molecule has 13 heavy (non-hydrogen) atoms. The molecule has 1 amide bonds. The Bertz CT molecular complexity index is 401. The van der Waals surface area contributed by atoms with Crippen LogP contribution in [0.5, 0.6) is 0 Å². The van der Waals surface area contributed by atoms with Crippen LogP contribution in [0.1, 0.15) is 15.9 Å². The summed E-state index contributed by atoms with van der Waals surface area (Å²) in [5.74, 6) is -1.41. The maximum Gasteiger partial charge on any atom is 0.352 e. The number of benzene rings is 1. The minimum absolute atomic E-state index is 0.116. The average molecular weight is 179 g/mol. The topological polar surface area (TPSA) is 44.6 Å². The molecule has 1 N–H and O–H groups in total. The second-order valence-corrected chi connectivity index (χ2v) is 2.73. The summed E-state index contributed by atoms with van der Waals surface area (Å²) in [6, 6.07) is 4.27. The molecule has 1 atom stereocenters. The Morgan fingerprint density at radius 3 is 2.92 bits per heavy atom. The number of carbonyl (C=O) groups excluding carboxylic acids is 1. The molecule has 0 bridgehead atoms. The molecular formula is C9H6FNO2. The monoisotopic (exact) mass is 179 g/mol. The van der Waals surface area contributed by atoms with Gasteiger partial charge in [-0.3, -0.25) is 5.06 Å². The fourth-order valence-corrected chi connectivity index (χ4v) is 1.28. The van der Waals surface area contributed by atoms with Crippen LogP contribution in [0.4, 0.5) is 4.39 Å². The molecule has 1 aromatic carbocycles. The predicted molar refractivity (Wildman–Crippen MR) is 44.1 cm³/mol. The molecule has 1 heterocycles. The summed E-state index contributed by atoms with van der Waals surface area (Å²) in [4.78, 5) is 11.2. The maximum atomic E-state index is 13.1. The van der Waals surface area contributed by atoms with E-state index in [4.69, 9.17) is 0 Å². The lowest BCUT2D eigenvalue weighted by atomic mass is 10.0. The first-order chi connectivity index (χ1) is 6.20. The molecule has 1 aliphatic rings. The van der Waals surface area contributed by atoms with Crippen LogP contribution in [0.15, 0.2) is 24.4 Å². The zero-order valence-electron chi connectivity index (χ0n) is 6.58. The largest absolute Gasteiger partial charge is 0.621 e. The van der Waals surface area contributed by atoms with E-state index in [1.165, 1.54) is 18.2 Å². The third-order valence-corrected chi connectivity index (χ3v) is 1.91. The van der Waals surface area contributed by atoms with Crippen LogP contribution < -0.4 is 5.06 Å².